The molecule has 0 spiro atoms. The van der Waals surface area contributed by atoms with Crippen LogP contribution in [0.4, 0.5) is 0 Å². The Morgan fingerprint density at radius 3 is 2.76 bits per heavy atom. The van der Waals surface area contributed by atoms with E-state index in [0.717, 1.165) is 12.2 Å². The van der Waals surface area contributed by atoms with E-state index in [4.69, 9.17) is 18.6 Å². The van der Waals surface area contributed by atoms with Gasteiger partial charge in [0.15, 0.2) is 23.9 Å². The average Bonchev–Trinajstić information content (AvgIpc) is 3.32. The van der Waals surface area contributed by atoms with Gasteiger partial charge in [-0.2, -0.15) is 0 Å². The molecular formula is C19H18O6. The van der Waals surface area contributed by atoms with Crippen molar-refractivity contribution in [2.75, 3.05) is 19.8 Å². The lowest BCUT2D eigenvalue weighted by atomic mass is 10.1. The van der Waals surface area contributed by atoms with E-state index in [-0.39, 0.29) is 30.2 Å². The number of esters is 1. The summed E-state index contributed by atoms with van der Waals surface area (Å²) in [6.45, 7) is 0.867. The number of ketones is 1. The summed E-state index contributed by atoms with van der Waals surface area (Å²) in [6, 6.07) is 8.65. The Hall–Kier alpha value is -2.76. The van der Waals surface area contributed by atoms with Gasteiger partial charge >= 0.3 is 5.97 Å². The average molecular weight is 342 g/mol. The van der Waals surface area contributed by atoms with Crippen LogP contribution in [-0.4, -0.2) is 31.6 Å². The van der Waals surface area contributed by atoms with Crippen LogP contribution in [0.25, 0.3) is 0 Å². The van der Waals surface area contributed by atoms with Gasteiger partial charge < -0.3 is 18.6 Å². The maximum atomic E-state index is 12.3. The van der Waals surface area contributed by atoms with Crippen molar-refractivity contribution in [1.82, 2.24) is 0 Å². The van der Waals surface area contributed by atoms with Crippen molar-refractivity contribution in [3.63, 3.8) is 0 Å². The highest BCUT2D eigenvalue weighted by molar-refractivity contribution is 5.98. The minimum absolute atomic E-state index is 0.0654. The maximum Gasteiger partial charge on any atom is 0.310 e. The van der Waals surface area contributed by atoms with Gasteiger partial charge in [0.1, 0.15) is 5.76 Å². The Balaban J connectivity index is 1.33. The van der Waals surface area contributed by atoms with E-state index in [1.807, 2.05) is 6.07 Å². The highest BCUT2D eigenvalue weighted by atomic mass is 16.5. The first kappa shape index (κ1) is 15.7. The lowest BCUT2D eigenvalue weighted by Gasteiger charge is -2.09. The minimum atomic E-state index is -0.357. The van der Waals surface area contributed by atoms with E-state index >= 15 is 0 Å². The third kappa shape index (κ3) is 3.38. The van der Waals surface area contributed by atoms with Crippen molar-refractivity contribution in [2.24, 2.45) is 5.92 Å². The van der Waals surface area contributed by atoms with Crippen LogP contribution < -0.4 is 9.47 Å². The molecule has 1 fully saturated rings. The molecule has 2 atom stereocenters. The van der Waals surface area contributed by atoms with Crippen LogP contribution in [0.5, 0.6) is 11.5 Å². The number of hydrogen-bond donors (Lipinski definition) is 0. The molecular weight excluding hydrogens is 324 g/mol. The number of carbonyl (C=O) groups excluding carboxylic acids is 2. The molecule has 130 valence electrons. The molecule has 6 heteroatoms. The third-order valence-electron chi connectivity index (χ3n) is 4.42. The second-order valence-corrected chi connectivity index (χ2v) is 6.21. The molecule has 2 aliphatic rings. The number of benzene rings is 1. The predicted octanol–water partition coefficient (Wildman–Crippen LogP) is 2.97. The van der Waals surface area contributed by atoms with Crippen molar-refractivity contribution >= 4 is 11.8 Å². The molecule has 0 saturated heterocycles. The Kier molecular flexibility index (Phi) is 4.17. The normalized spacial score (nSPS) is 21.3. The van der Waals surface area contributed by atoms with Gasteiger partial charge in [0, 0.05) is 17.9 Å². The SMILES string of the molecule is O=C(COC(=O)[C@@H]1C[C@@H]1c1ccco1)c1ccc2c(c1)OCCCO2. The van der Waals surface area contributed by atoms with Gasteiger partial charge in [-0.3, -0.25) is 9.59 Å². The number of carbonyl (C=O) groups is 2. The van der Waals surface area contributed by atoms with Crippen molar-refractivity contribution in [1.29, 1.82) is 0 Å². The molecule has 6 nitrogen and oxygen atoms in total. The molecule has 0 bridgehead atoms. The molecule has 1 aromatic heterocycles. The number of furan rings is 1. The molecule has 1 saturated carbocycles. The molecule has 1 aliphatic heterocycles. The van der Waals surface area contributed by atoms with Crippen molar-refractivity contribution in [2.45, 2.75) is 18.8 Å². The molecule has 0 N–H and O–H groups in total. The molecule has 2 heterocycles. The molecule has 2 aromatic rings. The first-order valence-corrected chi connectivity index (χ1v) is 8.35. The minimum Gasteiger partial charge on any atom is -0.490 e. The molecule has 0 radical (unpaired) electrons. The van der Waals surface area contributed by atoms with E-state index in [2.05, 4.69) is 0 Å². The second kappa shape index (κ2) is 6.63. The van der Waals surface area contributed by atoms with Crippen molar-refractivity contribution in [3.8, 4) is 11.5 Å². The van der Waals surface area contributed by atoms with Gasteiger partial charge in [-0.15, -0.1) is 0 Å². The van der Waals surface area contributed by atoms with Gasteiger partial charge in [-0.05, 0) is 36.8 Å². The summed E-state index contributed by atoms with van der Waals surface area (Å²) in [4.78, 5) is 24.3. The molecule has 4 rings (SSSR count). The van der Waals surface area contributed by atoms with Crippen LogP contribution in [0.3, 0.4) is 0 Å². The number of hydrogen-bond acceptors (Lipinski definition) is 6. The molecule has 25 heavy (non-hydrogen) atoms. The summed E-state index contributed by atoms with van der Waals surface area (Å²) in [5.41, 5.74) is 0.440. The van der Waals surface area contributed by atoms with Crippen molar-refractivity contribution < 1.29 is 28.2 Å². The van der Waals surface area contributed by atoms with Gasteiger partial charge in [0.2, 0.25) is 0 Å². The zero-order chi connectivity index (χ0) is 17.2. The molecule has 0 unspecified atom stereocenters. The summed E-state index contributed by atoms with van der Waals surface area (Å²) in [6.07, 6.45) is 3.09. The predicted molar refractivity (Wildman–Crippen MR) is 86.9 cm³/mol. The van der Waals surface area contributed by atoms with E-state index < -0.39 is 0 Å². The molecule has 1 aliphatic carbocycles. The van der Waals surface area contributed by atoms with E-state index in [1.54, 1.807) is 30.5 Å². The highest BCUT2D eigenvalue weighted by Gasteiger charge is 2.47. The fraction of sp³-hybridized carbons (Fsp3) is 0.368. The maximum absolute atomic E-state index is 12.3. The monoisotopic (exact) mass is 342 g/mol. The fourth-order valence-electron chi connectivity index (χ4n) is 2.94. The molecule has 0 amide bonds. The van der Waals surface area contributed by atoms with Gasteiger partial charge in [0.05, 0.1) is 25.4 Å². The summed E-state index contributed by atoms with van der Waals surface area (Å²) in [5, 5.41) is 0. The largest absolute Gasteiger partial charge is 0.490 e. The van der Waals surface area contributed by atoms with E-state index in [9.17, 15) is 9.59 Å². The summed E-state index contributed by atoms with van der Waals surface area (Å²) in [7, 11) is 0. The van der Waals surface area contributed by atoms with Crippen molar-refractivity contribution in [3.05, 3.63) is 47.9 Å². The third-order valence-corrected chi connectivity index (χ3v) is 4.42. The topological polar surface area (TPSA) is 75.0 Å². The summed E-state index contributed by atoms with van der Waals surface area (Å²) in [5.74, 6) is 1.19. The second-order valence-electron chi connectivity index (χ2n) is 6.21. The quantitative estimate of drug-likeness (QED) is 0.614. The fourth-order valence-corrected chi connectivity index (χ4v) is 2.94. The van der Waals surface area contributed by atoms with Gasteiger partial charge in [0.25, 0.3) is 0 Å². The van der Waals surface area contributed by atoms with E-state index in [1.165, 1.54) is 0 Å². The lowest BCUT2D eigenvalue weighted by Crippen LogP contribution is -2.16. The van der Waals surface area contributed by atoms with E-state index in [0.29, 0.717) is 36.7 Å². The smallest absolute Gasteiger partial charge is 0.310 e. The highest BCUT2D eigenvalue weighted by Crippen LogP contribution is 2.48. The van der Waals surface area contributed by atoms with Crippen LogP contribution >= 0.6 is 0 Å². The number of fused-ring (bicyclic) bond motifs is 1. The van der Waals surface area contributed by atoms with Gasteiger partial charge in [-0.25, -0.2) is 0 Å². The lowest BCUT2D eigenvalue weighted by molar-refractivity contribution is -0.144. The zero-order valence-electron chi connectivity index (χ0n) is 13.6. The van der Waals surface area contributed by atoms with Crippen LogP contribution in [0.1, 0.15) is 34.9 Å². The first-order chi connectivity index (χ1) is 12.2. The summed E-state index contributed by atoms with van der Waals surface area (Å²) < 4.78 is 21.6. The zero-order valence-corrected chi connectivity index (χ0v) is 13.6. The van der Waals surface area contributed by atoms with Crippen LogP contribution in [0, 0.1) is 5.92 Å². The standard InChI is InChI=1S/C19H18O6/c20-15(12-4-5-17-18(9-12)24-8-2-7-23-17)11-25-19(21)14-10-13(14)16-3-1-6-22-16/h1,3-6,9,13-14H,2,7-8,10-11H2/t13-,14+/m0/s1. The first-order valence-electron chi connectivity index (χ1n) is 8.35. The van der Waals surface area contributed by atoms with Gasteiger partial charge in [-0.1, -0.05) is 0 Å². The Morgan fingerprint density at radius 1 is 1.12 bits per heavy atom. The molecule has 1 aromatic carbocycles. The Morgan fingerprint density at radius 2 is 1.96 bits per heavy atom. The van der Waals surface area contributed by atoms with Crippen LogP contribution in [0.15, 0.2) is 41.0 Å². The number of Topliss-reactive ketones (excluding diaryl/α,β-unsaturated/α-hetero) is 1. The number of rotatable bonds is 5. The summed E-state index contributed by atoms with van der Waals surface area (Å²) >= 11 is 0. The number of ether oxygens (including phenoxy) is 3. The van der Waals surface area contributed by atoms with Crippen LogP contribution in [-0.2, 0) is 9.53 Å². The Bertz CT molecular complexity index is 779. The van der Waals surface area contributed by atoms with Crippen LogP contribution in [0.2, 0.25) is 0 Å². The Labute approximate surface area is 144 Å².